The van der Waals surface area contributed by atoms with Crippen molar-refractivity contribution in [2.24, 2.45) is 5.14 Å². The van der Waals surface area contributed by atoms with Gasteiger partial charge in [-0.05, 0) is 62.4 Å². The maximum Gasteiger partial charge on any atom is 0.251 e. The number of hydrogen-bond acceptors (Lipinski definition) is 5. The van der Waals surface area contributed by atoms with Crippen molar-refractivity contribution >= 4 is 15.9 Å². The number of hydrogen-bond donors (Lipinski definition) is 2. The monoisotopic (exact) mass is 374 g/mol. The fraction of sp³-hybridized carbons (Fsp3) is 0.389. The number of rotatable bonds is 5. The number of amides is 1. The Morgan fingerprint density at radius 2 is 1.85 bits per heavy atom. The third-order valence-corrected chi connectivity index (χ3v) is 5.44. The van der Waals surface area contributed by atoms with E-state index in [0.29, 0.717) is 18.5 Å². The lowest BCUT2D eigenvalue weighted by atomic mass is 9.95. The normalized spacial score (nSPS) is 13.9. The number of aromatic nitrogens is 2. The van der Waals surface area contributed by atoms with E-state index in [0.717, 1.165) is 36.5 Å². The molecule has 0 bridgehead atoms. The van der Waals surface area contributed by atoms with Crippen molar-refractivity contribution in [1.29, 1.82) is 0 Å². The average molecular weight is 374 g/mol. The van der Waals surface area contributed by atoms with Gasteiger partial charge in [-0.15, -0.1) is 0 Å². The van der Waals surface area contributed by atoms with Crippen LogP contribution in [-0.2, 0) is 29.3 Å². The topological polar surface area (TPSA) is 115 Å². The number of nitrogens with zero attached hydrogens (tertiary/aromatic N) is 2. The summed E-state index contributed by atoms with van der Waals surface area (Å²) in [5.41, 5.74) is 3.83. The SMILES string of the molecule is Cc1nc(CCNC(=O)c2ccc(S(N)(=O)=O)cc2)nc2c1CCCC2. The molecular weight excluding hydrogens is 352 g/mol. The third kappa shape index (κ3) is 4.25. The van der Waals surface area contributed by atoms with Crippen molar-refractivity contribution < 1.29 is 13.2 Å². The molecule has 3 rings (SSSR count). The van der Waals surface area contributed by atoms with E-state index in [1.807, 2.05) is 6.92 Å². The van der Waals surface area contributed by atoms with Crippen LogP contribution < -0.4 is 10.5 Å². The standard InChI is InChI=1S/C18H22N4O3S/c1-12-15-4-2-3-5-16(15)22-17(21-12)10-11-20-18(23)13-6-8-14(9-7-13)26(19,24)25/h6-9H,2-5,10-11H2,1H3,(H,20,23)(H2,19,24,25). The van der Waals surface area contributed by atoms with Crippen molar-refractivity contribution in [3.05, 3.63) is 52.6 Å². The number of sulfonamides is 1. The molecule has 0 radical (unpaired) electrons. The number of primary sulfonamides is 1. The van der Waals surface area contributed by atoms with E-state index < -0.39 is 10.0 Å². The highest BCUT2D eigenvalue weighted by molar-refractivity contribution is 7.89. The minimum atomic E-state index is -3.76. The van der Waals surface area contributed by atoms with Crippen LogP contribution in [0.3, 0.4) is 0 Å². The van der Waals surface area contributed by atoms with Gasteiger partial charge in [0, 0.05) is 29.9 Å². The molecule has 0 atom stereocenters. The first-order chi connectivity index (χ1) is 12.3. The lowest BCUT2D eigenvalue weighted by Crippen LogP contribution is -2.26. The molecule has 26 heavy (non-hydrogen) atoms. The quantitative estimate of drug-likeness (QED) is 0.818. The van der Waals surface area contributed by atoms with Gasteiger partial charge in [-0.1, -0.05) is 0 Å². The zero-order valence-corrected chi connectivity index (χ0v) is 15.5. The number of nitrogens with one attached hydrogen (secondary N) is 1. The van der Waals surface area contributed by atoms with Gasteiger partial charge in [-0.25, -0.2) is 23.5 Å². The Kier molecular flexibility index (Phi) is 5.33. The highest BCUT2D eigenvalue weighted by Gasteiger charge is 2.15. The summed E-state index contributed by atoms with van der Waals surface area (Å²) in [6, 6.07) is 5.52. The molecule has 1 amide bonds. The minimum absolute atomic E-state index is 0.0213. The summed E-state index contributed by atoms with van der Waals surface area (Å²) in [6.45, 7) is 2.43. The lowest BCUT2D eigenvalue weighted by molar-refractivity contribution is 0.0954. The fourth-order valence-corrected chi connectivity index (χ4v) is 3.66. The van der Waals surface area contributed by atoms with E-state index in [-0.39, 0.29) is 10.8 Å². The van der Waals surface area contributed by atoms with Gasteiger partial charge in [-0.2, -0.15) is 0 Å². The van der Waals surface area contributed by atoms with E-state index >= 15 is 0 Å². The summed E-state index contributed by atoms with van der Waals surface area (Å²) in [5, 5.41) is 7.85. The van der Waals surface area contributed by atoms with Crippen molar-refractivity contribution in [2.45, 2.75) is 43.9 Å². The smallest absolute Gasteiger partial charge is 0.251 e. The van der Waals surface area contributed by atoms with Crippen LogP contribution in [0.4, 0.5) is 0 Å². The minimum Gasteiger partial charge on any atom is -0.352 e. The van der Waals surface area contributed by atoms with Crippen molar-refractivity contribution in [2.75, 3.05) is 6.54 Å². The Bertz CT molecular complexity index is 924. The molecule has 0 aliphatic heterocycles. The Morgan fingerprint density at radius 1 is 1.15 bits per heavy atom. The van der Waals surface area contributed by atoms with Gasteiger partial charge in [0.2, 0.25) is 10.0 Å². The highest BCUT2D eigenvalue weighted by Crippen LogP contribution is 2.21. The maximum atomic E-state index is 12.2. The van der Waals surface area contributed by atoms with Crippen molar-refractivity contribution in [3.63, 3.8) is 0 Å². The second-order valence-corrected chi connectivity index (χ2v) is 7.99. The molecule has 0 saturated carbocycles. The molecule has 0 saturated heterocycles. The largest absolute Gasteiger partial charge is 0.352 e. The summed E-state index contributed by atoms with van der Waals surface area (Å²) in [5.74, 6) is 0.466. The number of carbonyl (C=O) groups excluding carboxylic acids is 1. The molecule has 7 nitrogen and oxygen atoms in total. The average Bonchev–Trinajstić information content (AvgIpc) is 2.61. The molecule has 1 heterocycles. The Hall–Kier alpha value is -2.32. The predicted molar refractivity (Wildman–Crippen MR) is 97.3 cm³/mol. The molecular formula is C18H22N4O3S. The number of carbonyl (C=O) groups is 1. The molecule has 1 aromatic carbocycles. The Balaban J connectivity index is 1.59. The van der Waals surface area contributed by atoms with E-state index in [1.54, 1.807) is 0 Å². The lowest BCUT2D eigenvalue weighted by Gasteiger charge is -2.17. The fourth-order valence-electron chi connectivity index (χ4n) is 3.14. The summed E-state index contributed by atoms with van der Waals surface area (Å²) >= 11 is 0. The van der Waals surface area contributed by atoms with Crippen LogP contribution in [0.25, 0.3) is 0 Å². The first kappa shape index (κ1) is 18.5. The van der Waals surface area contributed by atoms with Crippen LogP contribution in [0, 0.1) is 6.92 Å². The molecule has 8 heteroatoms. The van der Waals surface area contributed by atoms with E-state index in [4.69, 9.17) is 5.14 Å². The molecule has 0 fully saturated rings. The van der Waals surface area contributed by atoms with Crippen LogP contribution in [-0.4, -0.2) is 30.8 Å². The van der Waals surface area contributed by atoms with Crippen LogP contribution in [0.2, 0.25) is 0 Å². The summed E-state index contributed by atoms with van der Waals surface area (Å²) < 4.78 is 22.5. The maximum absolute atomic E-state index is 12.2. The molecule has 1 aliphatic rings. The van der Waals surface area contributed by atoms with E-state index in [9.17, 15) is 13.2 Å². The number of aryl methyl sites for hydroxylation is 2. The second kappa shape index (κ2) is 7.51. The zero-order valence-electron chi connectivity index (χ0n) is 14.7. The van der Waals surface area contributed by atoms with Gasteiger partial charge in [0.25, 0.3) is 5.91 Å². The third-order valence-electron chi connectivity index (χ3n) is 4.52. The molecule has 138 valence electrons. The summed E-state index contributed by atoms with van der Waals surface area (Å²) in [7, 11) is -3.76. The van der Waals surface area contributed by atoms with Gasteiger partial charge in [0.15, 0.2) is 0 Å². The van der Waals surface area contributed by atoms with Crippen LogP contribution in [0.1, 0.15) is 46.0 Å². The van der Waals surface area contributed by atoms with Crippen LogP contribution in [0.15, 0.2) is 29.2 Å². The molecule has 1 aromatic heterocycles. The van der Waals surface area contributed by atoms with E-state index in [2.05, 4.69) is 15.3 Å². The Labute approximate surface area is 153 Å². The molecule has 0 spiro atoms. The van der Waals surface area contributed by atoms with Crippen molar-refractivity contribution in [3.8, 4) is 0 Å². The van der Waals surface area contributed by atoms with Gasteiger partial charge in [0.05, 0.1) is 4.90 Å². The number of fused-ring (bicyclic) bond motifs is 1. The van der Waals surface area contributed by atoms with Gasteiger partial charge < -0.3 is 5.32 Å². The second-order valence-electron chi connectivity index (χ2n) is 6.43. The summed E-state index contributed by atoms with van der Waals surface area (Å²) in [4.78, 5) is 21.3. The zero-order chi connectivity index (χ0) is 18.7. The molecule has 2 aromatic rings. The van der Waals surface area contributed by atoms with Gasteiger partial charge in [0.1, 0.15) is 5.82 Å². The molecule has 3 N–H and O–H groups in total. The number of nitrogens with two attached hydrogens (primary N) is 1. The summed E-state index contributed by atoms with van der Waals surface area (Å²) in [6.07, 6.45) is 4.95. The van der Waals surface area contributed by atoms with Gasteiger partial charge >= 0.3 is 0 Å². The first-order valence-corrected chi connectivity index (χ1v) is 10.2. The Morgan fingerprint density at radius 3 is 2.54 bits per heavy atom. The number of benzene rings is 1. The van der Waals surface area contributed by atoms with Crippen LogP contribution >= 0.6 is 0 Å². The first-order valence-electron chi connectivity index (χ1n) is 8.61. The molecule has 1 aliphatic carbocycles. The molecule has 0 unspecified atom stereocenters. The van der Waals surface area contributed by atoms with Crippen molar-refractivity contribution in [1.82, 2.24) is 15.3 Å². The predicted octanol–water partition coefficient (Wildman–Crippen LogP) is 1.28. The highest BCUT2D eigenvalue weighted by atomic mass is 32.2. The van der Waals surface area contributed by atoms with E-state index in [1.165, 1.54) is 36.2 Å². The van der Waals surface area contributed by atoms with Gasteiger partial charge in [-0.3, -0.25) is 4.79 Å². The van der Waals surface area contributed by atoms with Crippen LogP contribution in [0.5, 0.6) is 0 Å².